The highest BCUT2D eigenvalue weighted by Crippen LogP contribution is 2.43. The quantitative estimate of drug-likeness (QED) is 0.402. The van der Waals surface area contributed by atoms with E-state index in [0.29, 0.717) is 31.9 Å². The van der Waals surface area contributed by atoms with Gasteiger partial charge in [-0.25, -0.2) is 0 Å². The van der Waals surface area contributed by atoms with E-state index in [4.69, 9.17) is 21.1 Å². The molecule has 0 spiro atoms. The summed E-state index contributed by atoms with van der Waals surface area (Å²) in [4.78, 5) is 26.4. The number of para-hydroxylation sites is 1. The van der Waals surface area contributed by atoms with Crippen LogP contribution in [0, 0.1) is 0 Å². The first-order valence-electron chi connectivity index (χ1n) is 8.80. The summed E-state index contributed by atoms with van der Waals surface area (Å²) in [6, 6.07) is 8.58. The van der Waals surface area contributed by atoms with Crippen molar-refractivity contribution in [3.8, 4) is 17.2 Å². The number of carbonyl (C=O) groups is 2. The normalized spacial score (nSPS) is 15.2. The molecule has 158 valence electrons. The Morgan fingerprint density at radius 3 is 2.60 bits per heavy atom. The zero-order valence-electron chi connectivity index (χ0n) is 15.7. The number of phenols is 1. The Morgan fingerprint density at radius 2 is 1.90 bits per heavy atom. The van der Waals surface area contributed by atoms with E-state index in [-0.39, 0.29) is 34.8 Å². The predicted octanol–water partition coefficient (Wildman–Crippen LogP) is 6.08. The minimum absolute atomic E-state index is 0.0503. The molecule has 2 aromatic rings. The molecule has 1 saturated heterocycles. The second kappa shape index (κ2) is 10.1. The number of rotatable bonds is 7. The van der Waals surface area contributed by atoms with Crippen LogP contribution in [-0.2, 0) is 4.79 Å². The van der Waals surface area contributed by atoms with E-state index in [1.165, 1.54) is 0 Å². The van der Waals surface area contributed by atoms with Crippen LogP contribution in [-0.4, -0.2) is 40.9 Å². The van der Waals surface area contributed by atoms with Gasteiger partial charge >= 0.3 is 0 Å². The van der Waals surface area contributed by atoms with Crippen molar-refractivity contribution in [1.82, 2.24) is 4.90 Å². The molecular formula is C20H16Br2ClNO5S. The number of hydrogen-bond donors (Lipinski definition) is 1. The number of amides is 2. The molecule has 1 aliphatic heterocycles. The van der Waals surface area contributed by atoms with Crippen molar-refractivity contribution in [2.75, 3.05) is 19.8 Å². The maximum atomic E-state index is 12.7. The third-order valence-corrected chi connectivity index (χ3v) is 7.42. The minimum atomic E-state index is -0.415. The smallest absolute Gasteiger partial charge is 0.293 e. The van der Waals surface area contributed by atoms with E-state index < -0.39 is 5.91 Å². The van der Waals surface area contributed by atoms with Gasteiger partial charge in [0.25, 0.3) is 11.1 Å². The van der Waals surface area contributed by atoms with E-state index in [9.17, 15) is 14.7 Å². The maximum absolute atomic E-state index is 12.7. The van der Waals surface area contributed by atoms with Gasteiger partial charge in [-0.2, -0.15) is 0 Å². The zero-order valence-corrected chi connectivity index (χ0v) is 20.4. The van der Waals surface area contributed by atoms with Crippen LogP contribution in [0.25, 0.3) is 6.08 Å². The standard InChI is InChI=1S/C20H16Br2ClNO5S/c1-2-28-14-9-11(16(21)17(22)18(14)25)10-15-19(26)24(20(27)30-15)7-8-29-13-6-4-3-5-12(13)23/h3-6,9-10,25H,2,7-8H2,1H3/b15-10-. The molecule has 1 N–H and O–H groups in total. The van der Waals surface area contributed by atoms with Gasteiger partial charge in [0.2, 0.25) is 0 Å². The van der Waals surface area contributed by atoms with Gasteiger partial charge in [-0.15, -0.1) is 0 Å². The van der Waals surface area contributed by atoms with Crippen LogP contribution >= 0.6 is 55.2 Å². The molecular weight excluding hydrogens is 562 g/mol. The third-order valence-electron chi connectivity index (χ3n) is 4.04. The van der Waals surface area contributed by atoms with Gasteiger partial charge in [0.05, 0.1) is 27.6 Å². The van der Waals surface area contributed by atoms with Gasteiger partial charge < -0.3 is 14.6 Å². The van der Waals surface area contributed by atoms with Crippen LogP contribution in [0.3, 0.4) is 0 Å². The van der Waals surface area contributed by atoms with Gasteiger partial charge in [-0.1, -0.05) is 23.7 Å². The summed E-state index contributed by atoms with van der Waals surface area (Å²) in [5, 5.41) is 10.2. The van der Waals surface area contributed by atoms with E-state index in [0.717, 1.165) is 16.7 Å². The third kappa shape index (κ3) is 4.96. The Morgan fingerprint density at radius 1 is 1.17 bits per heavy atom. The van der Waals surface area contributed by atoms with Crippen LogP contribution in [0.4, 0.5) is 4.79 Å². The first-order chi connectivity index (χ1) is 14.3. The fraction of sp³-hybridized carbons (Fsp3) is 0.200. The topological polar surface area (TPSA) is 76.1 Å². The molecule has 1 heterocycles. The molecule has 2 amide bonds. The van der Waals surface area contributed by atoms with Crippen molar-refractivity contribution in [2.45, 2.75) is 6.92 Å². The lowest BCUT2D eigenvalue weighted by Crippen LogP contribution is -2.32. The highest BCUT2D eigenvalue weighted by atomic mass is 79.9. The average molecular weight is 578 g/mol. The second-order valence-electron chi connectivity index (χ2n) is 5.99. The molecule has 0 aromatic heterocycles. The molecule has 1 aliphatic rings. The van der Waals surface area contributed by atoms with E-state index >= 15 is 0 Å². The highest BCUT2D eigenvalue weighted by Gasteiger charge is 2.35. The number of imide groups is 1. The Kier molecular flexibility index (Phi) is 7.73. The summed E-state index contributed by atoms with van der Waals surface area (Å²) in [7, 11) is 0. The lowest BCUT2D eigenvalue weighted by atomic mass is 10.2. The molecule has 1 fully saturated rings. The molecule has 30 heavy (non-hydrogen) atoms. The van der Waals surface area contributed by atoms with Gasteiger partial charge in [-0.3, -0.25) is 14.5 Å². The molecule has 0 atom stereocenters. The molecule has 0 unspecified atom stereocenters. The van der Waals surface area contributed by atoms with Crippen molar-refractivity contribution in [3.63, 3.8) is 0 Å². The van der Waals surface area contributed by atoms with Gasteiger partial charge in [-0.05, 0) is 80.4 Å². The minimum Gasteiger partial charge on any atom is -0.503 e. The molecule has 0 aliphatic carbocycles. The van der Waals surface area contributed by atoms with Crippen molar-refractivity contribution in [3.05, 3.63) is 54.8 Å². The number of ether oxygens (including phenoxy) is 2. The van der Waals surface area contributed by atoms with Crippen molar-refractivity contribution in [1.29, 1.82) is 0 Å². The fourth-order valence-electron chi connectivity index (χ4n) is 2.63. The van der Waals surface area contributed by atoms with Crippen molar-refractivity contribution in [2.24, 2.45) is 0 Å². The summed E-state index contributed by atoms with van der Waals surface area (Å²) in [6.45, 7) is 2.38. The Hall–Kier alpha value is -1.68. The number of nitrogens with zero attached hydrogens (tertiary/aromatic N) is 1. The number of benzene rings is 2. The molecule has 2 aromatic carbocycles. The first-order valence-corrected chi connectivity index (χ1v) is 11.6. The summed E-state index contributed by atoms with van der Waals surface area (Å²) in [5.41, 5.74) is 0.584. The number of thioether (sulfide) groups is 1. The van der Waals surface area contributed by atoms with Crippen LogP contribution in [0.5, 0.6) is 17.2 Å². The van der Waals surface area contributed by atoms with Crippen LogP contribution < -0.4 is 9.47 Å². The number of halogens is 3. The number of phenolic OH excluding ortho intramolecular Hbond substituents is 1. The second-order valence-corrected chi connectivity index (χ2v) is 8.97. The number of carbonyl (C=O) groups excluding carboxylic acids is 2. The fourth-order valence-corrected chi connectivity index (χ4v) is 4.51. The lowest BCUT2D eigenvalue weighted by Gasteiger charge is -2.14. The summed E-state index contributed by atoms with van der Waals surface area (Å²) in [6.07, 6.45) is 1.58. The van der Waals surface area contributed by atoms with Crippen molar-refractivity contribution >= 4 is 72.4 Å². The number of hydrogen-bond acceptors (Lipinski definition) is 6. The van der Waals surface area contributed by atoms with Crippen LogP contribution in [0.1, 0.15) is 12.5 Å². The summed E-state index contributed by atoms with van der Waals surface area (Å²) < 4.78 is 11.9. The molecule has 0 saturated carbocycles. The summed E-state index contributed by atoms with van der Waals surface area (Å²) in [5.74, 6) is 0.293. The van der Waals surface area contributed by atoms with Gasteiger partial charge in [0, 0.05) is 4.47 Å². The van der Waals surface area contributed by atoms with Gasteiger partial charge in [0.1, 0.15) is 12.4 Å². The number of aromatic hydroxyl groups is 1. The average Bonchev–Trinajstić information content (AvgIpc) is 2.98. The van der Waals surface area contributed by atoms with Crippen LogP contribution in [0.2, 0.25) is 5.02 Å². The maximum Gasteiger partial charge on any atom is 0.293 e. The molecule has 3 rings (SSSR count). The van der Waals surface area contributed by atoms with E-state index in [2.05, 4.69) is 31.9 Å². The monoisotopic (exact) mass is 575 g/mol. The van der Waals surface area contributed by atoms with E-state index in [1.54, 1.807) is 43.3 Å². The van der Waals surface area contributed by atoms with Crippen LogP contribution in [0.15, 0.2) is 44.2 Å². The summed E-state index contributed by atoms with van der Waals surface area (Å²) >= 11 is 13.6. The van der Waals surface area contributed by atoms with E-state index in [1.807, 2.05) is 0 Å². The SMILES string of the molecule is CCOc1cc(/C=C2\SC(=O)N(CCOc3ccccc3Cl)C2=O)c(Br)c(Br)c1O. The molecule has 10 heteroatoms. The predicted molar refractivity (Wildman–Crippen MR) is 124 cm³/mol. The lowest BCUT2D eigenvalue weighted by molar-refractivity contribution is -0.123. The largest absolute Gasteiger partial charge is 0.503 e. The molecule has 6 nitrogen and oxygen atoms in total. The Balaban J connectivity index is 1.76. The Labute approximate surface area is 199 Å². The molecule has 0 bridgehead atoms. The Bertz CT molecular complexity index is 1030. The first kappa shape index (κ1) is 23.0. The highest BCUT2D eigenvalue weighted by molar-refractivity contribution is 9.13. The van der Waals surface area contributed by atoms with Gasteiger partial charge in [0.15, 0.2) is 11.5 Å². The molecule has 0 radical (unpaired) electrons. The zero-order chi connectivity index (χ0) is 21.8. The van der Waals surface area contributed by atoms with Crippen molar-refractivity contribution < 1.29 is 24.2 Å².